The number of aryl methyl sites for hydroxylation is 1. The number of hydrogen-bond donors (Lipinski definition) is 0. The molecule has 0 spiro atoms. The van der Waals surface area contributed by atoms with Crippen molar-refractivity contribution in [1.29, 1.82) is 0 Å². The van der Waals surface area contributed by atoms with Crippen LogP contribution in [0.2, 0.25) is 5.02 Å². The van der Waals surface area contributed by atoms with Gasteiger partial charge in [-0.15, -0.1) is 0 Å². The fourth-order valence-corrected chi connectivity index (χ4v) is 2.18. The van der Waals surface area contributed by atoms with E-state index in [0.29, 0.717) is 23.7 Å². The highest BCUT2D eigenvalue weighted by Crippen LogP contribution is 2.16. The summed E-state index contributed by atoms with van der Waals surface area (Å²) < 4.78 is 1.75. The Kier molecular flexibility index (Phi) is 4.35. The van der Waals surface area contributed by atoms with Gasteiger partial charge in [-0.1, -0.05) is 23.7 Å². The van der Waals surface area contributed by atoms with Crippen LogP contribution < -0.4 is 0 Å². The molecule has 0 saturated heterocycles. The molecule has 2 aromatic rings. The third-order valence-corrected chi connectivity index (χ3v) is 3.13. The first kappa shape index (κ1) is 13.8. The van der Waals surface area contributed by atoms with Crippen LogP contribution in [0.3, 0.4) is 0 Å². The predicted octanol–water partition coefficient (Wildman–Crippen LogP) is 2.39. The van der Waals surface area contributed by atoms with Crippen molar-refractivity contribution in [3.05, 3.63) is 52.8 Å². The number of carbonyl (C=O) groups is 1. The molecule has 4 nitrogen and oxygen atoms in total. The van der Waals surface area contributed by atoms with E-state index in [0.717, 1.165) is 5.56 Å². The van der Waals surface area contributed by atoms with Crippen molar-refractivity contribution in [3.8, 4) is 0 Å². The average Bonchev–Trinajstić information content (AvgIpc) is 2.74. The molecule has 1 aromatic carbocycles. The van der Waals surface area contributed by atoms with Crippen LogP contribution in [0.4, 0.5) is 0 Å². The minimum absolute atomic E-state index is 0.0250. The zero-order valence-corrected chi connectivity index (χ0v) is 11.8. The molecule has 19 heavy (non-hydrogen) atoms. The molecule has 0 saturated carbocycles. The van der Waals surface area contributed by atoms with Crippen LogP contribution in [-0.4, -0.2) is 34.1 Å². The lowest BCUT2D eigenvalue weighted by molar-refractivity contribution is 0.0943. The number of rotatable bonds is 5. The van der Waals surface area contributed by atoms with Gasteiger partial charge in [0.15, 0.2) is 5.78 Å². The Morgan fingerprint density at radius 3 is 2.79 bits per heavy atom. The van der Waals surface area contributed by atoms with E-state index in [1.54, 1.807) is 23.0 Å². The van der Waals surface area contributed by atoms with Crippen molar-refractivity contribution in [1.82, 2.24) is 14.7 Å². The third kappa shape index (κ3) is 3.66. The van der Waals surface area contributed by atoms with Gasteiger partial charge in [0.05, 0.1) is 17.8 Å². The van der Waals surface area contributed by atoms with Gasteiger partial charge in [0.1, 0.15) is 0 Å². The van der Waals surface area contributed by atoms with Gasteiger partial charge in [-0.3, -0.25) is 14.4 Å². The highest BCUT2D eigenvalue weighted by atomic mass is 35.5. The number of likely N-dealkylation sites (N-methyl/N-ethyl adjacent to an activating group) is 1. The number of ketones is 1. The lowest BCUT2D eigenvalue weighted by Gasteiger charge is -2.15. The van der Waals surface area contributed by atoms with Crippen LogP contribution in [0.1, 0.15) is 15.9 Å². The van der Waals surface area contributed by atoms with Gasteiger partial charge in [-0.2, -0.15) is 5.10 Å². The molecule has 0 atom stereocenters. The minimum Gasteiger partial charge on any atom is -0.294 e. The van der Waals surface area contributed by atoms with E-state index in [9.17, 15) is 4.79 Å². The number of benzene rings is 1. The molecule has 1 heterocycles. The van der Waals surface area contributed by atoms with Gasteiger partial charge in [0, 0.05) is 30.9 Å². The second-order valence-corrected chi connectivity index (χ2v) is 5.00. The molecule has 2 rings (SSSR count). The van der Waals surface area contributed by atoms with Crippen LogP contribution in [0.5, 0.6) is 0 Å². The summed E-state index contributed by atoms with van der Waals surface area (Å²) in [5, 5.41) is 4.61. The lowest BCUT2D eigenvalue weighted by Crippen LogP contribution is -2.25. The number of hydrogen-bond acceptors (Lipinski definition) is 3. The van der Waals surface area contributed by atoms with Crippen LogP contribution in [-0.2, 0) is 13.6 Å². The van der Waals surface area contributed by atoms with E-state index in [-0.39, 0.29) is 5.78 Å². The molecule has 0 aliphatic rings. The second-order valence-electron chi connectivity index (χ2n) is 4.60. The first-order valence-corrected chi connectivity index (χ1v) is 6.38. The summed E-state index contributed by atoms with van der Waals surface area (Å²) in [6, 6.07) is 7.12. The molecular formula is C14H16ClN3O. The monoisotopic (exact) mass is 277 g/mol. The summed E-state index contributed by atoms with van der Waals surface area (Å²) >= 11 is 6.01. The SMILES string of the molecule is CN(CC(=O)c1ccccc1Cl)Cc1cnn(C)c1. The van der Waals surface area contributed by atoms with Crippen LogP contribution >= 0.6 is 11.6 Å². The third-order valence-electron chi connectivity index (χ3n) is 2.80. The smallest absolute Gasteiger partial charge is 0.178 e. The zero-order chi connectivity index (χ0) is 13.8. The number of halogens is 1. The predicted molar refractivity (Wildman–Crippen MR) is 75.3 cm³/mol. The number of nitrogens with zero attached hydrogens (tertiary/aromatic N) is 3. The van der Waals surface area contributed by atoms with Crippen molar-refractivity contribution >= 4 is 17.4 Å². The van der Waals surface area contributed by atoms with Crippen molar-refractivity contribution in [2.75, 3.05) is 13.6 Å². The second kappa shape index (κ2) is 5.99. The van der Waals surface area contributed by atoms with Crippen LogP contribution in [0.15, 0.2) is 36.7 Å². The van der Waals surface area contributed by atoms with E-state index >= 15 is 0 Å². The quantitative estimate of drug-likeness (QED) is 0.788. The first-order valence-electron chi connectivity index (χ1n) is 6.00. The summed E-state index contributed by atoms with van der Waals surface area (Å²) in [7, 11) is 3.78. The summed E-state index contributed by atoms with van der Waals surface area (Å²) in [4.78, 5) is 14.1. The number of carbonyl (C=O) groups excluding carboxylic acids is 1. The van der Waals surface area contributed by atoms with E-state index in [4.69, 9.17) is 11.6 Å². The average molecular weight is 278 g/mol. The lowest BCUT2D eigenvalue weighted by atomic mass is 10.1. The van der Waals surface area contributed by atoms with Crippen molar-refractivity contribution < 1.29 is 4.79 Å². The Morgan fingerprint density at radius 2 is 2.16 bits per heavy atom. The maximum atomic E-state index is 12.1. The summed E-state index contributed by atoms with van der Waals surface area (Å²) in [5.74, 6) is 0.0250. The van der Waals surface area contributed by atoms with Crippen molar-refractivity contribution in [2.45, 2.75) is 6.54 Å². The van der Waals surface area contributed by atoms with Gasteiger partial charge >= 0.3 is 0 Å². The fourth-order valence-electron chi connectivity index (χ4n) is 1.94. The van der Waals surface area contributed by atoms with Crippen molar-refractivity contribution in [2.24, 2.45) is 7.05 Å². The number of aromatic nitrogens is 2. The Balaban J connectivity index is 1.97. The molecule has 0 aliphatic heterocycles. The zero-order valence-electron chi connectivity index (χ0n) is 11.0. The van der Waals surface area contributed by atoms with E-state index in [1.807, 2.05) is 37.3 Å². The Hall–Kier alpha value is -1.65. The van der Waals surface area contributed by atoms with Crippen LogP contribution in [0, 0.1) is 0 Å². The summed E-state index contributed by atoms with van der Waals surface area (Å²) in [6.45, 7) is 1.02. The molecule has 0 N–H and O–H groups in total. The van der Waals surface area contributed by atoms with Gasteiger partial charge in [-0.05, 0) is 19.2 Å². The largest absolute Gasteiger partial charge is 0.294 e. The summed E-state index contributed by atoms with van der Waals surface area (Å²) in [5.41, 5.74) is 1.65. The molecular weight excluding hydrogens is 262 g/mol. The maximum absolute atomic E-state index is 12.1. The molecule has 0 unspecified atom stereocenters. The van der Waals surface area contributed by atoms with Gasteiger partial charge in [-0.25, -0.2) is 0 Å². The highest BCUT2D eigenvalue weighted by molar-refractivity contribution is 6.34. The molecule has 0 radical (unpaired) electrons. The molecule has 0 amide bonds. The highest BCUT2D eigenvalue weighted by Gasteiger charge is 2.12. The summed E-state index contributed by atoms with van der Waals surface area (Å²) in [6.07, 6.45) is 3.74. The van der Waals surface area contributed by atoms with Crippen molar-refractivity contribution in [3.63, 3.8) is 0 Å². The fraction of sp³-hybridized carbons (Fsp3) is 0.286. The van der Waals surface area contributed by atoms with Crippen LogP contribution in [0.25, 0.3) is 0 Å². The van der Waals surface area contributed by atoms with E-state index in [2.05, 4.69) is 5.10 Å². The Morgan fingerprint density at radius 1 is 1.42 bits per heavy atom. The van der Waals surface area contributed by atoms with E-state index in [1.165, 1.54) is 0 Å². The number of Topliss-reactive ketones (excluding diaryl/α,β-unsaturated/α-hetero) is 1. The molecule has 1 aromatic heterocycles. The first-order chi connectivity index (χ1) is 9.06. The van der Waals surface area contributed by atoms with Gasteiger partial charge in [0.2, 0.25) is 0 Å². The molecule has 0 bridgehead atoms. The molecule has 5 heteroatoms. The Labute approximate surface area is 117 Å². The van der Waals surface area contributed by atoms with E-state index < -0.39 is 0 Å². The standard InChI is InChI=1S/C14H16ClN3O/c1-17(8-11-7-16-18(2)9-11)10-14(19)12-5-3-4-6-13(12)15/h3-7,9H,8,10H2,1-2H3. The topological polar surface area (TPSA) is 38.1 Å². The Bertz CT molecular complexity index is 580. The molecule has 0 fully saturated rings. The molecule has 0 aliphatic carbocycles. The van der Waals surface area contributed by atoms with Gasteiger partial charge < -0.3 is 0 Å². The maximum Gasteiger partial charge on any atom is 0.178 e. The normalized spacial score (nSPS) is 10.9. The molecule has 100 valence electrons. The minimum atomic E-state index is 0.0250. The van der Waals surface area contributed by atoms with Gasteiger partial charge in [0.25, 0.3) is 0 Å².